The Kier molecular flexibility index (Phi) is 9.34. The molecule has 0 heterocycles. The molecular weight excluding hydrogens is 510 g/mol. The van der Waals surface area contributed by atoms with Crippen LogP contribution in [0.2, 0.25) is 5.02 Å². The van der Waals surface area contributed by atoms with Gasteiger partial charge in [-0.3, -0.25) is 13.9 Å². The van der Waals surface area contributed by atoms with Crippen molar-refractivity contribution in [2.45, 2.75) is 44.7 Å². The summed E-state index contributed by atoms with van der Waals surface area (Å²) in [5.74, 6) is -0.802. The van der Waals surface area contributed by atoms with E-state index in [4.69, 9.17) is 11.6 Å². The average Bonchev–Trinajstić information content (AvgIpc) is 2.88. The Morgan fingerprint density at radius 2 is 1.57 bits per heavy atom. The maximum atomic E-state index is 13.9. The Morgan fingerprint density at radius 1 is 0.946 bits per heavy atom. The van der Waals surface area contributed by atoms with Crippen LogP contribution in [0.15, 0.2) is 77.7 Å². The normalized spacial score (nSPS) is 12.0. The second-order valence-corrected chi connectivity index (χ2v) is 11.1. The molecule has 1 N–H and O–H groups in total. The molecule has 0 fully saturated rings. The van der Waals surface area contributed by atoms with E-state index < -0.39 is 28.5 Å². The number of aryl methyl sites for hydroxylation is 2. The quantitative estimate of drug-likeness (QED) is 0.403. The van der Waals surface area contributed by atoms with Crippen LogP contribution in [-0.4, -0.2) is 44.8 Å². The van der Waals surface area contributed by atoms with E-state index in [-0.39, 0.29) is 17.3 Å². The van der Waals surface area contributed by atoms with Gasteiger partial charge in [0.15, 0.2) is 0 Å². The predicted molar refractivity (Wildman–Crippen MR) is 147 cm³/mol. The summed E-state index contributed by atoms with van der Waals surface area (Å²) in [6, 6.07) is 19.5. The molecule has 0 aliphatic heterocycles. The topological polar surface area (TPSA) is 86.8 Å². The molecular formula is C28H32ClN3O4S. The van der Waals surface area contributed by atoms with Crippen LogP contribution in [0.25, 0.3) is 0 Å². The summed E-state index contributed by atoms with van der Waals surface area (Å²) < 4.78 is 28.6. The fraction of sp³-hybridized carbons (Fsp3) is 0.286. The fourth-order valence-electron chi connectivity index (χ4n) is 4.03. The van der Waals surface area contributed by atoms with Crippen molar-refractivity contribution in [2.75, 3.05) is 17.9 Å². The Morgan fingerprint density at radius 3 is 2.14 bits per heavy atom. The maximum Gasteiger partial charge on any atom is 0.264 e. The lowest BCUT2D eigenvalue weighted by atomic mass is 10.1. The van der Waals surface area contributed by atoms with Crippen molar-refractivity contribution in [3.8, 4) is 0 Å². The molecule has 37 heavy (non-hydrogen) atoms. The Balaban J connectivity index is 2.06. The van der Waals surface area contributed by atoms with Gasteiger partial charge in [-0.05, 0) is 67.8 Å². The highest BCUT2D eigenvalue weighted by Crippen LogP contribution is 2.26. The summed E-state index contributed by atoms with van der Waals surface area (Å²) >= 11 is 5.98. The van der Waals surface area contributed by atoms with Crippen LogP contribution in [0.1, 0.15) is 30.0 Å². The van der Waals surface area contributed by atoms with E-state index in [1.54, 1.807) is 24.3 Å². The SMILES string of the molecule is CC[C@H](C(=O)NC)N(Cc1ccccc1C)C(=O)CN(c1ccc(C)cc1)S(=O)(=O)c1ccc(Cl)cc1. The number of likely N-dealkylation sites (N-methyl/N-ethyl adjacent to an activating group) is 1. The minimum Gasteiger partial charge on any atom is -0.357 e. The van der Waals surface area contributed by atoms with E-state index in [9.17, 15) is 18.0 Å². The maximum absolute atomic E-state index is 13.9. The number of hydrogen-bond donors (Lipinski definition) is 1. The zero-order chi connectivity index (χ0) is 27.2. The van der Waals surface area contributed by atoms with E-state index in [0.29, 0.717) is 17.1 Å². The zero-order valence-corrected chi connectivity index (χ0v) is 23.0. The minimum absolute atomic E-state index is 0.00840. The first-order valence-electron chi connectivity index (χ1n) is 12.0. The predicted octanol–water partition coefficient (Wildman–Crippen LogP) is 4.71. The highest BCUT2D eigenvalue weighted by Gasteiger charge is 2.33. The highest BCUT2D eigenvalue weighted by atomic mass is 35.5. The number of carbonyl (C=O) groups excluding carboxylic acids is 2. The molecule has 2 amide bonds. The van der Waals surface area contributed by atoms with Gasteiger partial charge in [0.25, 0.3) is 10.0 Å². The lowest BCUT2D eigenvalue weighted by Crippen LogP contribution is -2.51. The summed E-state index contributed by atoms with van der Waals surface area (Å²) in [5, 5.41) is 3.03. The number of halogens is 1. The molecule has 3 rings (SSSR count). The van der Waals surface area contributed by atoms with Crippen LogP contribution in [0, 0.1) is 13.8 Å². The molecule has 0 aliphatic rings. The van der Waals surface area contributed by atoms with Gasteiger partial charge in [-0.25, -0.2) is 8.42 Å². The lowest BCUT2D eigenvalue weighted by molar-refractivity contribution is -0.140. The first-order chi connectivity index (χ1) is 17.6. The van der Waals surface area contributed by atoms with Crippen LogP contribution in [-0.2, 0) is 26.2 Å². The summed E-state index contributed by atoms with van der Waals surface area (Å²) in [5.41, 5.74) is 3.14. The molecule has 1 atom stereocenters. The van der Waals surface area contributed by atoms with E-state index in [2.05, 4.69) is 5.32 Å². The van der Waals surface area contributed by atoms with Crippen LogP contribution < -0.4 is 9.62 Å². The number of anilines is 1. The molecule has 7 nitrogen and oxygen atoms in total. The van der Waals surface area contributed by atoms with E-state index in [1.807, 2.05) is 45.0 Å². The van der Waals surface area contributed by atoms with Gasteiger partial charge < -0.3 is 10.2 Å². The van der Waals surface area contributed by atoms with Crippen molar-refractivity contribution < 1.29 is 18.0 Å². The molecule has 0 saturated heterocycles. The van der Waals surface area contributed by atoms with Crippen molar-refractivity contribution in [1.82, 2.24) is 10.2 Å². The number of nitrogens with one attached hydrogen (secondary N) is 1. The lowest BCUT2D eigenvalue weighted by Gasteiger charge is -2.33. The third-order valence-electron chi connectivity index (χ3n) is 6.24. The van der Waals surface area contributed by atoms with E-state index in [0.717, 1.165) is 21.0 Å². The molecule has 0 spiro atoms. The van der Waals surface area contributed by atoms with Gasteiger partial charge in [0.1, 0.15) is 12.6 Å². The number of benzene rings is 3. The Labute approximate surface area is 224 Å². The van der Waals surface area contributed by atoms with Crippen molar-refractivity contribution >= 4 is 39.1 Å². The Hall–Kier alpha value is -3.36. The van der Waals surface area contributed by atoms with Gasteiger partial charge in [0, 0.05) is 18.6 Å². The van der Waals surface area contributed by atoms with Gasteiger partial charge >= 0.3 is 0 Å². The summed E-state index contributed by atoms with van der Waals surface area (Å²) in [6.45, 7) is 5.34. The second-order valence-electron chi connectivity index (χ2n) is 8.79. The molecule has 0 saturated carbocycles. The van der Waals surface area contributed by atoms with Gasteiger partial charge in [0.05, 0.1) is 10.6 Å². The standard InChI is InChI=1S/C28H32ClN3O4S/c1-5-26(28(34)30-4)31(18-22-9-7-6-8-21(22)3)27(33)19-32(24-14-10-20(2)11-15-24)37(35,36)25-16-12-23(29)13-17-25/h6-17,26H,5,18-19H2,1-4H3,(H,30,34)/t26-/m1/s1. The summed E-state index contributed by atoms with van der Waals surface area (Å²) in [7, 11) is -2.61. The zero-order valence-electron chi connectivity index (χ0n) is 21.4. The Bertz CT molecular complexity index is 1340. The fourth-order valence-corrected chi connectivity index (χ4v) is 5.57. The van der Waals surface area contributed by atoms with Crippen molar-refractivity contribution in [2.24, 2.45) is 0 Å². The molecule has 0 radical (unpaired) electrons. The first-order valence-corrected chi connectivity index (χ1v) is 13.8. The number of amides is 2. The number of hydrogen-bond acceptors (Lipinski definition) is 4. The average molecular weight is 542 g/mol. The molecule has 3 aromatic rings. The molecule has 0 unspecified atom stereocenters. The molecule has 9 heteroatoms. The summed E-state index contributed by atoms with van der Waals surface area (Å²) in [4.78, 5) is 28.1. The van der Waals surface area contributed by atoms with Gasteiger partial charge in [-0.2, -0.15) is 0 Å². The third kappa shape index (κ3) is 6.70. The second kappa shape index (κ2) is 12.3. The highest BCUT2D eigenvalue weighted by molar-refractivity contribution is 7.92. The van der Waals surface area contributed by atoms with Gasteiger partial charge in [-0.1, -0.05) is 60.5 Å². The first kappa shape index (κ1) is 28.2. The van der Waals surface area contributed by atoms with Crippen LogP contribution >= 0.6 is 11.6 Å². The molecule has 0 bridgehead atoms. The van der Waals surface area contributed by atoms with Gasteiger partial charge in [0.2, 0.25) is 11.8 Å². The summed E-state index contributed by atoms with van der Waals surface area (Å²) in [6.07, 6.45) is 0.367. The van der Waals surface area contributed by atoms with Gasteiger partial charge in [-0.15, -0.1) is 0 Å². The van der Waals surface area contributed by atoms with Crippen molar-refractivity contribution in [3.05, 3.63) is 94.5 Å². The van der Waals surface area contributed by atoms with Crippen molar-refractivity contribution in [3.63, 3.8) is 0 Å². The number of rotatable bonds is 10. The third-order valence-corrected chi connectivity index (χ3v) is 8.28. The largest absolute Gasteiger partial charge is 0.357 e. The molecule has 196 valence electrons. The van der Waals surface area contributed by atoms with Crippen LogP contribution in [0.4, 0.5) is 5.69 Å². The molecule has 3 aromatic carbocycles. The van der Waals surface area contributed by atoms with E-state index in [1.165, 1.54) is 36.2 Å². The minimum atomic E-state index is -4.12. The van der Waals surface area contributed by atoms with E-state index >= 15 is 0 Å². The molecule has 0 aromatic heterocycles. The van der Waals surface area contributed by atoms with Crippen molar-refractivity contribution in [1.29, 1.82) is 0 Å². The number of sulfonamides is 1. The van der Waals surface area contributed by atoms with Crippen LogP contribution in [0.3, 0.4) is 0 Å². The number of carbonyl (C=O) groups is 2. The number of nitrogens with zero attached hydrogens (tertiary/aromatic N) is 2. The van der Waals surface area contributed by atoms with Crippen LogP contribution in [0.5, 0.6) is 0 Å². The monoisotopic (exact) mass is 541 g/mol. The smallest absolute Gasteiger partial charge is 0.264 e. The molecule has 0 aliphatic carbocycles.